The highest BCUT2D eigenvalue weighted by Gasteiger charge is 2.14. The largest absolute Gasteiger partial charge is 0.490 e. The Labute approximate surface area is 114 Å². The molecule has 0 aliphatic rings. The fourth-order valence-electron chi connectivity index (χ4n) is 1.83. The zero-order chi connectivity index (χ0) is 14.3. The van der Waals surface area contributed by atoms with Crippen LogP contribution in [0.2, 0.25) is 0 Å². The van der Waals surface area contributed by atoms with Crippen LogP contribution >= 0.6 is 0 Å². The lowest BCUT2D eigenvalue weighted by Crippen LogP contribution is -2.17. The average Bonchev–Trinajstić information content (AvgIpc) is 2.42. The number of hydrogen-bond donors (Lipinski definition) is 1. The molecule has 5 nitrogen and oxygen atoms in total. The van der Waals surface area contributed by atoms with Gasteiger partial charge in [0.1, 0.15) is 5.75 Å². The van der Waals surface area contributed by atoms with Crippen LogP contribution in [-0.2, 0) is 6.54 Å². The van der Waals surface area contributed by atoms with Crippen molar-refractivity contribution >= 4 is 5.69 Å². The molecule has 0 saturated heterocycles. The number of hydrogen-bond acceptors (Lipinski definition) is 4. The van der Waals surface area contributed by atoms with Crippen molar-refractivity contribution in [2.75, 3.05) is 6.54 Å². The van der Waals surface area contributed by atoms with Gasteiger partial charge in [-0.3, -0.25) is 10.1 Å². The molecule has 0 fully saturated rings. The molecule has 0 aliphatic heterocycles. The number of nitro benzene ring substituents is 1. The first-order valence-electron chi connectivity index (χ1n) is 6.77. The molecule has 1 N–H and O–H groups in total. The second-order valence-corrected chi connectivity index (χ2v) is 4.39. The average molecular weight is 266 g/mol. The molecule has 0 amide bonds. The van der Waals surface area contributed by atoms with Crippen LogP contribution in [-0.4, -0.2) is 17.6 Å². The van der Waals surface area contributed by atoms with E-state index in [-0.39, 0.29) is 16.7 Å². The Kier molecular flexibility index (Phi) is 6.29. The third-order valence-corrected chi connectivity index (χ3v) is 3.02. The molecule has 0 spiro atoms. The third-order valence-electron chi connectivity index (χ3n) is 3.02. The predicted octanol–water partition coefficient (Wildman–Crippen LogP) is 3.27. The van der Waals surface area contributed by atoms with Gasteiger partial charge in [-0.1, -0.05) is 20.8 Å². The molecule has 0 aromatic heterocycles. The molecule has 5 heteroatoms. The van der Waals surface area contributed by atoms with Crippen LogP contribution in [0.3, 0.4) is 0 Å². The van der Waals surface area contributed by atoms with E-state index in [9.17, 15) is 10.1 Å². The number of nitro groups is 1. The minimum absolute atomic E-state index is 0.102. The van der Waals surface area contributed by atoms with Crippen LogP contribution < -0.4 is 10.1 Å². The number of benzene rings is 1. The monoisotopic (exact) mass is 266 g/mol. The van der Waals surface area contributed by atoms with E-state index in [0.717, 1.165) is 30.7 Å². The molecule has 1 aromatic carbocycles. The molecule has 0 aliphatic carbocycles. The maximum atomic E-state index is 10.8. The summed E-state index contributed by atoms with van der Waals surface area (Å²) in [6.45, 7) is 7.53. The quantitative estimate of drug-likeness (QED) is 0.579. The molecule has 0 atom stereocenters. The van der Waals surface area contributed by atoms with Crippen LogP contribution in [0.15, 0.2) is 18.2 Å². The maximum Gasteiger partial charge on any atom is 0.270 e. The van der Waals surface area contributed by atoms with E-state index < -0.39 is 0 Å². The summed E-state index contributed by atoms with van der Waals surface area (Å²) in [4.78, 5) is 10.4. The normalized spacial score (nSPS) is 10.7. The first kappa shape index (κ1) is 15.4. The number of nitrogens with zero attached hydrogens (tertiary/aromatic N) is 1. The van der Waals surface area contributed by atoms with Crippen LogP contribution in [0.4, 0.5) is 5.69 Å². The molecule has 1 rings (SSSR count). The van der Waals surface area contributed by atoms with E-state index in [1.807, 2.05) is 6.92 Å². The Morgan fingerprint density at radius 3 is 2.53 bits per heavy atom. The van der Waals surface area contributed by atoms with Crippen molar-refractivity contribution in [2.45, 2.75) is 46.3 Å². The summed E-state index contributed by atoms with van der Waals surface area (Å²) in [7, 11) is 0. The summed E-state index contributed by atoms with van der Waals surface area (Å²) in [5.74, 6) is 0.736. The summed E-state index contributed by atoms with van der Waals surface area (Å²) >= 11 is 0. The first-order valence-corrected chi connectivity index (χ1v) is 6.77. The highest BCUT2D eigenvalue weighted by molar-refractivity contribution is 5.43. The number of non-ortho nitro benzene ring substituents is 1. The molecule has 106 valence electrons. The lowest BCUT2D eigenvalue weighted by molar-refractivity contribution is -0.384. The van der Waals surface area contributed by atoms with Gasteiger partial charge in [-0.25, -0.2) is 0 Å². The van der Waals surface area contributed by atoms with Gasteiger partial charge in [-0.15, -0.1) is 0 Å². The van der Waals surface area contributed by atoms with E-state index in [2.05, 4.69) is 19.2 Å². The summed E-state index contributed by atoms with van der Waals surface area (Å²) < 4.78 is 5.91. The first-order chi connectivity index (χ1) is 9.12. The van der Waals surface area contributed by atoms with E-state index in [4.69, 9.17) is 4.74 Å². The second kappa shape index (κ2) is 7.74. The predicted molar refractivity (Wildman–Crippen MR) is 75.5 cm³/mol. The van der Waals surface area contributed by atoms with Gasteiger partial charge in [0, 0.05) is 24.2 Å². The van der Waals surface area contributed by atoms with Crippen LogP contribution in [0, 0.1) is 10.1 Å². The van der Waals surface area contributed by atoms with Gasteiger partial charge in [-0.05, 0) is 25.5 Å². The number of nitrogens with one attached hydrogen (secondary N) is 1. The lowest BCUT2D eigenvalue weighted by Gasteiger charge is -2.18. The van der Waals surface area contributed by atoms with Crippen molar-refractivity contribution in [2.24, 2.45) is 0 Å². The SMILES string of the molecule is CCNCc1cc([N+](=O)[O-])ccc1OC(CC)CC. The van der Waals surface area contributed by atoms with Crippen molar-refractivity contribution < 1.29 is 9.66 Å². The van der Waals surface area contributed by atoms with Crippen LogP contribution in [0.5, 0.6) is 5.75 Å². The Balaban J connectivity index is 2.97. The van der Waals surface area contributed by atoms with Crippen LogP contribution in [0.1, 0.15) is 39.2 Å². The third kappa shape index (κ3) is 4.52. The molecule has 0 radical (unpaired) electrons. The molecule has 0 saturated carbocycles. The second-order valence-electron chi connectivity index (χ2n) is 4.39. The molecule has 0 bridgehead atoms. The fourth-order valence-corrected chi connectivity index (χ4v) is 1.83. The summed E-state index contributed by atoms with van der Waals surface area (Å²) in [6.07, 6.45) is 2.00. The zero-order valence-electron chi connectivity index (χ0n) is 11.8. The van der Waals surface area contributed by atoms with E-state index in [1.165, 1.54) is 6.07 Å². The highest BCUT2D eigenvalue weighted by Crippen LogP contribution is 2.26. The minimum Gasteiger partial charge on any atom is -0.490 e. The summed E-state index contributed by atoms with van der Waals surface area (Å²) in [5, 5.41) is 14.0. The molecular weight excluding hydrogens is 244 g/mol. The van der Waals surface area contributed by atoms with E-state index in [1.54, 1.807) is 12.1 Å². The Morgan fingerprint density at radius 2 is 2.00 bits per heavy atom. The standard InChI is InChI=1S/C14H22N2O3/c1-4-13(5-2)19-14-8-7-12(16(17)18)9-11(14)10-15-6-3/h7-9,13,15H,4-6,10H2,1-3H3. The summed E-state index contributed by atoms with van der Waals surface area (Å²) in [6, 6.07) is 4.77. The van der Waals surface area contributed by atoms with Gasteiger partial charge in [-0.2, -0.15) is 0 Å². The Hall–Kier alpha value is -1.62. The van der Waals surface area contributed by atoms with Crippen molar-refractivity contribution in [3.63, 3.8) is 0 Å². The van der Waals surface area contributed by atoms with Gasteiger partial charge in [0.05, 0.1) is 11.0 Å². The van der Waals surface area contributed by atoms with Crippen molar-refractivity contribution in [1.82, 2.24) is 5.32 Å². The van der Waals surface area contributed by atoms with Gasteiger partial charge >= 0.3 is 0 Å². The van der Waals surface area contributed by atoms with Gasteiger partial charge in [0.2, 0.25) is 0 Å². The van der Waals surface area contributed by atoms with E-state index in [0.29, 0.717) is 6.54 Å². The van der Waals surface area contributed by atoms with Crippen LogP contribution in [0.25, 0.3) is 0 Å². The topological polar surface area (TPSA) is 64.4 Å². The Bertz CT molecular complexity index is 417. The van der Waals surface area contributed by atoms with Crippen molar-refractivity contribution in [3.8, 4) is 5.75 Å². The molecule has 1 aromatic rings. The van der Waals surface area contributed by atoms with Gasteiger partial charge in [0.15, 0.2) is 0 Å². The van der Waals surface area contributed by atoms with Crippen molar-refractivity contribution in [1.29, 1.82) is 0 Å². The summed E-state index contributed by atoms with van der Waals surface area (Å²) in [5.41, 5.74) is 0.938. The highest BCUT2D eigenvalue weighted by atomic mass is 16.6. The maximum absolute atomic E-state index is 10.8. The van der Waals surface area contributed by atoms with Gasteiger partial charge < -0.3 is 10.1 Å². The van der Waals surface area contributed by atoms with Gasteiger partial charge in [0.25, 0.3) is 5.69 Å². The fraction of sp³-hybridized carbons (Fsp3) is 0.571. The Morgan fingerprint density at radius 1 is 1.32 bits per heavy atom. The van der Waals surface area contributed by atoms with Crippen molar-refractivity contribution in [3.05, 3.63) is 33.9 Å². The number of ether oxygens (including phenoxy) is 1. The molecule has 0 unspecified atom stereocenters. The molecular formula is C14H22N2O3. The molecule has 19 heavy (non-hydrogen) atoms. The smallest absolute Gasteiger partial charge is 0.270 e. The molecule has 0 heterocycles. The number of rotatable bonds is 8. The van der Waals surface area contributed by atoms with E-state index >= 15 is 0 Å². The lowest BCUT2D eigenvalue weighted by atomic mass is 10.1. The zero-order valence-corrected chi connectivity index (χ0v) is 11.8. The minimum atomic E-state index is -0.379.